The normalized spacial score (nSPS) is 13.2. The van der Waals surface area contributed by atoms with Crippen molar-refractivity contribution in [3.63, 3.8) is 0 Å². The van der Waals surface area contributed by atoms with Crippen LogP contribution >= 0.6 is 11.3 Å². The molecule has 4 aromatic rings. The highest BCUT2D eigenvalue weighted by atomic mass is 32.2. The molecule has 3 heterocycles. The molecule has 0 saturated heterocycles. The van der Waals surface area contributed by atoms with Crippen LogP contribution in [0.3, 0.4) is 0 Å². The molecule has 0 aliphatic carbocycles. The number of hydrogen-bond acceptors (Lipinski definition) is 11. The van der Waals surface area contributed by atoms with Crippen LogP contribution in [-0.4, -0.2) is 71.3 Å². The van der Waals surface area contributed by atoms with Crippen LogP contribution in [0.5, 0.6) is 11.5 Å². The summed E-state index contributed by atoms with van der Waals surface area (Å²) in [6.45, 7) is 3.64. The molecule has 39 heavy (non-hydrogen) atoms. The molecule has 0 saturated carbocycles. The minimum atomic E-state index is -4.16. The lowest BCUT2D eigenvalue weighted by Crippen LogP contribution is -2.35. The van der Waals surface area contributed by atoms with E-state index >= 15 is 0 Å². The number of halogens is 1. The van der Waals surface area contributed by atoms with Crippen molar-refractivity contribution < 1.29 is 27.0 Å². The molecule has 15 heteroatoms. The fraction of sp³-hybridized carbons (Fsp3) is 0.375. The van der Waals surface area contributed by atoms with E-state index in [9.17, 15) is 12.8 Å². The van der Waals surface area contributed by atoms with E-state index in [0.29, 0.717) is 22.2 Å². The molecule has 12 nitrogen and oxygen atoms in total. The summed E-state index contributed by atoms with van der Waals surface area (Å²) in [6, 6.07) is 5.17. The van der Waals surface area contributed by atoms with Crippen LogP contribution < -0.4 is 14.2 Å². The standard InChI is InChI=1S/C24H28FN7O5S2/c1-14-13-38-23(28-14)22-29-30-24(32(22)20-17(36-4)7-6-8-18(20)37-5)31-39(33,34)19(9-10-35-3)15(2)21-26-11-16(25)12-27-21/h6-8,11-13,15,19H,9-10H2,1-5H3,(H,30,31)/t15-,19+/m1/s1. The van der Waals surface area contributed by atoms with Gasteiger partial charge in [0.25, 0.3) is 0 Å². The summed E-state index contributed by atoms with van der Waals surface area (Å²) in [5.74, 6) is -0.177. The molecule has 0 bridgehead atoms. The Morgan fingerprint density at radius 1 is 1.10 bits per heavy atom. The van der Waals surface area contributed by atoms with E-state index in [1.807, 2.05) is 12.3 Å². The van der Waals surface area contributed by atoms with Crippen LogP contribution in [-0.2, 0) is 14.8 Å². The average molecular weight is 578 g/mol. The number of thiazole rings is 1. The van der Waals surface area contributed by atoms with Gasteiger partial charge in [0.2, 0.25) is 16.0 Å². The number of nitrogens with one attached hydrogen (secondary N) is 1. The van der Waals surface area contributed by atoms with Crippen LogP contribution in [0.4, 0.5) is 10.3 Å². The van der Waals surface area contributed by atoms with E-state index in [-0.39, 0.29) is 30.6 Å². The van der Waals surface area contributed by atoms with E-state index in [0.717, 1.165) is 18.1 Å². The lowest BCUT2D eigenvalue weighted by molar-refractivity contribution is 0.191. The summed E-state index contributed by atoms with van der Waals surface area (Å²) in [4.78, 5) is 12.5. The number of ether oxygens (including phenoxy) is 3. The molecule has 0 amide bonds. The molecule has 0 radical (unpaired) electrons. The molecule has 0 aliphatic rings. The topological polar surface area (TPSA) is 143 Å². The minimum absolute atomic E-state index is 0.102. The van der Waals surface area contributed by atoms with Gasteiger partial charge in [0.15, 0.2) is 16.6 Å². The Labute approximate surface area is 229 Å². The number of aromatic nitrogens is 6. The summed E-state index contributed by atoms with van der Waals surface area (Å²) in [5.41, 5.74) is 1.16. The van der Waals surface area contributed by atoms with E-state index in [1.165, 1.54) is 37.2 Å². The van der Waals surface area contributed by atoms with Gasteiger partial charge in [-0.2, -0.15) is 0 Å². The highest BCUT2D eigenvalue weighted by Crippen LogP contribution is 2.38. The van der Waals surface area contributed by atoms with E-state index in [1.54, 1.807) is 25.1 Å². The largest absolute Gasteiger partial charge is 0.494 e. The first-order valence-electron chi connectivity index (χ1n) is 11.8. The summed E-state index contributed by atoms with van der Waals surface area (Å²) < 4.78 is 61.6. The maximum absolute atomic E-state index is 13.9. The predicted octanol–water partition coefficient (Wildman–Crippen LogP) is 3.60. The third kappa shape index (κ3) is 5.99. The Bertz CT molecular complexity index is 1500. The van der Waals surface area contributed by atoms with Gasteiger partial charge >= 0.3 is 0 Å². The molecule has 4 rings (SSSR count). The molecule has 208 valence electrons. The highest BCUT2D eigenvalue weighted by Gasteiger charge is 2.35. The van der Waals surface area contributed by atoms with Crippen LogP contribution in [0.25, 0.3) is 16.5 Å². The molecule has 2 atom stereocenters. The van der Waals surface area contributed by atoms with Crippen molar-refractivity contribution in [1.29, 1.82) is 0 Å². The zero-order chi connectivity index (χ0) is 28.2. The lowest BCUT2D eigenvalue weighted by atomic mass is 10.0. The quantitative estimate of drug-likeness (QED) is 0.265. The van der Waals surface area contributed by atoms with Crippen LogP contribution in [0.1, 0.15) is 30.8 Å². The zero-order valence-corrected chi connectivity index (χ0v) is 23.6. The van der Waals surface area contributed by atoms with Gasteiger partial charge in [0, 0.05) is 30.7 Å². The number of hydrogen-bond donors (Lipinski definition) is 1. The third-order valence-electron chi connectivity index (χ3n) is 5.94. The Kier molecular flexibility index (Phi) is 8.72. The van der Waals surface area contributed by atoms with Crippen molar-refractivity contribution in [2.45, 2.75) is 31.4 Å². The van der Waals surface area contributed by atoms with Crippen LogP contribution in [0.2, 0.25) is 0 Å². The SMILES string of the molecule is COCC[C@@H]([C@@H](C)c1ncc(F)cn1)S(=O)(=O)Nc1nnc(-c2nc(C)cs2)n1-c1c(OC)cccc1OC. The van der Waals surface area contributed by atoms with Gasteiger partial charge in [-0.05, 0) is 25.5 Å². The molecule has 0 unspecified atom stereocenters. The predicted molar refractivity (Wildman–Crippen MR) is 144 cm³/mol. The first-order valence-corrected chi connectivity index (χ1v) is 14.2. The average Bonchev–Trinajstić information content (AvgIpc) is 3.53. The Morgan fingerprint density at radius 2 is 1.77 bits per heavy atom. The molecule has 0 fully saturated rings. The van der Waals surface area contributed by atoms with E-state index in [4.69, 9.17) is 14.2 Å². The maximum Gasteiger partial charge on any atom is 0.243 e. The smallest absolute Gasteiger partial charge is 0.243 e. The number of para-hydroxylation sites is 1. The van der Waals surface area contributed by atoms with Crippen molar-refractivity contribution in [3.8, 4) is 28.0 Å². The van der Waals surface area contributed by atoms with Crippen molar-refractivity contribution >= 4 is 27.3 Å². The summed E-state index contributed by atoms with van der Waals surface area (Å²) in [6.07, 6.45) is 2.11. The minimum Gasteiger partial charge on any atom is -0.494 e. The lowest BCUT2D eigenvalue weighted by Gasteiger charge is -2.24. The maximum atomic E-state index is 13.9. The molecular weight excluding hydrogens is 549 g/mol. The Balaban J connectivity index is 1.84. The molecule has 3 aromatic heterocycles. The Morgan fingerprint density at radius 3 is 2.33 bits per heavy atom. The number of aryl methyl sites for hydroxylation is 1. The summed E-state index contributed by atoms with van der Waals surface area (Å²) >= 11 is 1.33. The second-order valence-corrected chi connectivity index (χ2v) is 11.3. The van der Waals surface area contributed by atoms with Crippen molar-refractivity contribution in [3.05, 3.63) is 53.3 Å². The van der Waals surface area contributed by atoms with Crippen molar-refractivity contribution in [2.75, 3.05) is 32.7 Å². The molecule has 0 aliphatic heterocycles. The number of benzene rings is 1. The van der Waals surface area contributed by atoms with Crippen molar-refractivity contribution in [1.82, 2.24) is 29.7 Å². The molecular formula is C24H28FN7O5S2. The third-order valence-corrected chi connectivity index (χ3v) is 8.81. The second-order valence-electron chi connectivity index (χ2n) is 8.50. The first-order chi connectivity index (χ1) is 18.7. The van der Waals surface area contributed by atoms with Gasteiger partial charge < -0.3 is 14.2 Å². The first kappa shape index (κ1) is 28.3. The van der Waals surface area contributed by atoms with Gasteiger partial charge in [0.05, 0.1) is 31.9 Å². The van der Waals surface area contributed by atoms with Gasteiger partial charge in [0.1, 0.15) is 23.0 Å². The van der Waals surface area contributed by atoms with Crippen LogP contribution in [0.15, 0.2) is 36.0 Å². The summed E-state index contributed by atoms with van der Waals surface area (Å²) in [5, 5.41) is 9.77. The van der Waals surface area contributed by atoms with Gasteiger partial charge in [-0.25, -0.2) is 27.8 Å². The van der Waals surface area contributed by atoms with Gasteiger partial charge in [-0.1, -0.05) is 13.0 Å². The zero-order valence-electron chi connectivity index (χ0n) is 22.0. The van der Waals surface area contributed by atoms with E-state index < -0.39 is 27.0 Å². The van der Waals surface area contributed by atoms with Gasteiger partial charge in [-0.3, -0.25) is 9.29 Å². The monoisotopic (exact) mass is 577 g/mol. The van der Waals surface area contributed by atoms with Crippen LogP contribution in [0, 0.1) is 12.7 Å². The number of anilines is 1. The Hall–Kier alpha value is -3.69. The number of sulfonamides is 1. The number of nitrogens with zero attached hydrogens (tertiary/aromatic N) is 6. The fourth-order valence-corrected chi connectivity index (χ4v) is 6.42. The fourth-order valence-electron chi connectivity index (χ4n) is 4.04. The summed E-state index contributed by atoms with van der Waals surface area (Å²) in [7, 11) is 0.293. The molecule has 0 spiro atoms. The van der Waals surface area contributed by atoms with Gasteiger partial charge in [-0.15, -0.1) is 21.5 Å². The number of methoxy groups -OCH3 is 3. The van der Waals surface area contributed by atoms with E-state index in [2.05, 4.69) is 29.9 Å². The van der Waals surface area contributed by atoms with Crippen molar-refractivity contribution in [2.24, 2.45) is 0 Å². The molecule has 1 aromatic carbocycles. The second kappa shape index (κ2) is 12.0. The molecule has 1 N–H and O–H groups in total. The highest BCUT2D eigenvalue weighted by molar-refractivity contribution is 7.93. The number of rotatable bonds is 12.